The van der Waals surface area contributed by atoms with Gasteiger partial charge < -0.3 is 14.4 Å². The van der Waals surface area contributed by atoms with Crippen molar-refractivity contribution in [2.45, 2.75) is 13.8 Å². The Kier molecular flexibility index (Phi) is 7.40. The summed E-state index contributed by atoms with van der Waals surface area (Å²) in [6.07, 6.45) is 0. The number of hydrogen-bond donors (Lipinski definition) is 0. The van der Waals surface area contributed by atoms with Gasteiger partial charge in [0.05, 0.1) is 26.2 Å². The maximum Gasteiger partial charge on any atom is 0.310 e. The summed E-state index contributed by atoms with van der Waals surface area (Å²) in [4.78, 5) is 28.7. The SMILES string of the molecule is COC(=O)C(C)CN(CCN1CCOCC1)C(=O)c1ccc(C)cc1. The molecule has 1 aliphatic rings. The number of methoxy groups -OCH3 is 1. The van der Waals surface area contributed by atoms with Crippen LogP contribution in [0.4, 0.5) is 0 Å². The van der Waals surface area contributed by atoms with E-state index >= 15 is 0 Å². The minimum absolute atomic E-state index is 0.0518. The van der Waals surface area contributed by atoms with Gasteiger partial charge in [-0.15, -0.1) is 0 Å². The average Bonchev–Trinajstić information content (AvgIpc) is 2.65. The van der Waals surface area contributed by atoms with E-state index in [1.54, 1.807) is 11.8 Å². The molecular formula is C19H28N2O4. The molecular weight excluding hydrogens is 320 g/mol. The van der Waals surface area contributed by atoms with Crippen LogP contribution in [-0.2, 0) is 14.3 Å². The van der Waals surface area contributed by atoms with E-state index in [-0.39, 0.29) is 17.8 Å². The Morgan fingerprint density at radius 2 is 1.88 bits per heavy atom. The normalized spacial score (nSPS) is 16.3. The first-order valence-corrected chi connectivity index (χ1v) is 8.75. The highest BCUT2D eigenvalue weighted by Crippen LogP contribution is 2.11. The third-order valence-electron chi connectivity index (χ3n) is 4.47. The van der Waals surface area contributed by atoms with Crippen molar-refractivity contribution in [3.05, 3.63) is 35.4 Å². The molecule has 1 heterocycles. The van der Waals surface area contributed by atoms with Crippen LogP contribution in [0.5, 0.6) is 0 Å². The number of ether oxygens (including phenoxy) is 2. The number of hydrogen-bond acceptors (Lipinski definition) is 5. The van der Waals surface area contributed by atoms with Crippen LogP contribution in [-0.4, -0.2) is 74.7 Å². The van der Waals surface area contributed by atoms with Crippen LogP contribution < -0.4 is 0 Å². The minimum Gasteiger partial charge on any atom is -0.469 e. The monoisotopic (exact) mass is 348 g/mol. The summed E-state index contributed by atoms with van der Waals surface area (Å²) in [5.74, 6) is -0.707. The summed E-state index contributed by atoms with van der Waals surface area (Å²) in [6.45, 7) is 8.68. The number of aryl methyl sites for hydroxylation is 1. The highest BCUT2D eigenvalue weighted by Gasteiger charge is 2.23. The van der Waals surface area contributed by atoms with Crippen molar-refractivity contribution in [1.82, 2.24) is 9.80 Å². The lowest BCUT2D eigenvalue weighted by molar-refractivity contribution is -0.145. The Bertz CT molecular complexity index is 567. The summed E-state index contributed by atoms with van der Waals surface area (Å²) < 4.78 is 10.2. The molecule has 0 N–H and O–H groups in total. The van der Waals surface area contributed by atoms with Crippen molar-refractivity contribution in [2.24, 2.45) is 5.92 Å². The van der Waals surface area contributed by atoms with Crippen LogP contribution in [0.1, 0.15) is 22.8 Å². The fourth-order valence-electron chi connectivity index (χ4n) is 2.85. The molecule has 1 amide bonds. The van der Waals surface area contributed by atoms with Gasteiger partial charge in [-0.2, -0.15) is 0 Å². The van der Waals surface area contributed by atoms with Crippen LogP contribution in [0.2, 0.25) is 0 Å². The highest BCUT2D eigenvalue weighted by atomic mass is 16.5. The molecule has 1 aromatic rings. The van der Waals surface area contributed by atoms with E-state index in [2.05, 4.69) is 4.90 Å². The summed E-state index contributed by atoms with van der Waals surface area (Å²) in [5.41, 5.74) is 1.75. The van der Waals surface area contributed by atoms with E-state index < -0.39 is 0 Å². The van der Waals surface area contributed by atoms with Crippen LogP contribution in [0.15, 0.2) is 24.3 Å². The second-order valence-corrected chi connectivity index (χ2v) is 6.50. The predicted molar refractivity (Wildman–Crippen MR) is 95.5 cm³/mol. The molecule has 138 valence electrons. The molecule has 6 nitrogen and oxygen atoms in total. The Hall–Kier alpha value is -1.92. The molecule has 0 saturated carbocycles. The topological polar surface area (TPSA) is 59.1 Å². The lowest BCUT2D eigenvalue weighted by atomic mass is 10.1. The van der Waals surface area contributed by atoms with Crippen molar-refractivity contribution in [1.29, 1.82) is 0 Å². The Morgan fingerprint density at radius 3 is 2.48 bits per heavy atom. The van der Waals surface area contributed by atoms with Gasteiger partial charge in [0.1, 0.15) is 0 Å². The van der Waals surface area contributed by atoms with Crippen LogP contribution in [0.25, 0.3) is 0 Å². The number of carbonyl (C=O) groups is 2. The molecule has 1 atom stereocenters. The van der Waals surface area contributed by atoms with E-state index in [1.165, 1.54) is 7.11 Å². The van der Waals surface area contributed by atoms with E-state index in [1.807, 2.05) is 31.2 Å². The number of nitrogens with zero attached hydrogens (tertiary/aromatic N) is 2. The second kappa shape index (κ2) is 9.53. The molecule has 1 fully saturated rings. The maximum absolute atomic E-state index is 12.9. The van der Waals surface area contributed by atoms with Crippen LogP contribution in [0, 0.1) is 12.8 Å². The molecule has 2 rings (SSSR count). The third-order valence-corrected chi connectivity index (χ3v) is 4.47. The first-order valence-electron chi connectivity index (χ1n) is 8.75. The number of amides is 1. The molecule has 0 aromatic heterocycles. The van der Waals surface area contributed by atoms with Crippen molar-refractivity contribution in [2.75, 3.05) is 53.0 Å². The largest absolute Gasteiger partial charge is 0.469 e. The van der Waals surface area contributed by atoms with E-state index in [9.17, 15) is 9.59 Å². The number of esters is 1. The third kappa shape index (κ3) is 5.83. The molecule has 6 heteroatoms. The van der Waals surface area contributed by atoms with Crippen molar-refractivity contribution in [3.8, 4) is 0 Å². The molecule has 1 aliphatic heterocycles. The standard InChI is InChI=1S/C19H28N2O4/c1-15-4-6-17(7-5-15)18(22)21(14-16(2)19(23)24-3)9-8-20-10-12-25-13-11-20/h4-7,16H,8-14H2,1-3H3. The van der Waals surface area contributed by atoms with Gasteiger partial charge in [-0.3, -0.25) is 14.5 Å². The molecule has 0 aliphatic carbocycles. The summed E-state index contributed by atoms with van der Waals surface area (Å²) in [7, 11) is 1.37. The zero-order chi connectivity index (χ0) is 18.2. The number of morpholine rings is 1. The predicted octanol–water partition coefficient (Wildman–Crippen LogP) is 1.58. The summed E-state index contributed by atoms with van der Waals surface area (Å²) in [5, 5.41) is 0. The molecule has 0 spiro atoms. The van der Waals surface area contributed by atoms with Gasteiger partial charge in [-0.25, -0.2) is 0 Å². The number of rotatable bonds is 7. The van der Waals surface area contributed by atoms with E-state index in [0.717, 1.165) is 38.4 Å². The van der Waals surface area contributed by atoms with Crippen molar-refractivity contribution >= 4 is 11.9 Å². The summed E-state index contributed by atoms with van der Waals surface area (Å²) >= 11 is 0. The van der Waals surface area contributed by atoms with E-state index in [0.29, 0.717) is 18.7 Å². The molecule has 1 aromatic carbocycles. The highest BCUT2D eigenvalue weighted by molar-refractivity contribution is 5.94. The average molecular weight is 348 g/mol. The minimum atomic E-state index is -0.357. The zero-order valence-corrected chi connectivity index (χ0v) is 15.4. The van der Waals surface area contributed by atoms with Gasteiger partial charge in [0.2, 0.25) is 0 Å². The molecule has 1 saturated heterocycles. The molecule has 1 unspecified atom stereocenters. The Balaban J connectivity index is 2.05. The Labute approximate surface area is 149 Å². The van der Waals surface area contributed by atoms with E-state index in [4.69, 9.17) is 9.47 Å². The second-order valence-electron chi connectivity index (χ2n) is 6.50. The number of carbonyl (C=O) groups excluding carboxylic acids is 2. The van der Waals surface area contributed by atoms with Gasteiger partial charge in [0.25, 0.3) is 5.91 Å². The fourth-order valence-corrected chi connectivity index (χ4v) is 2.85. The number of benzene rings is 1. The Morgan fingerprint density at radius 1 is 1.24 bits per heavy atom. The van der Waals surface area contributed by atoms with Gasteiger partial charge >= 0.3 is 5.97 Å². The fraction of sp³-hybridized carbons (Fsp3) is 0.579. The lowest BCUT2D eigenvalue weighted by Crippen LogP contribution is -2.45. The lowest BCUT2D eigenvalue weighted by Gasteiger charge is -2.31. The van der Waals surface area contributed by atoms with Crippen LogP contribution in [0.3, 0.4) is 0 Å². The van der Waals surface area contributed by atoms with Gasteiger partial charge in [0, 0.05) is 38.3 Å². The first kappa shape index (κ1) is 19.4. The van der Waals surface area contributed by atoms with Gasteiger partial charge in [0.15, 0.2) is 0 Å². The zero-order valence-electron chi connectivity index (χ0n) is 15.4. The quantitative estimate of drug-likeness (QED) is 0.700. The first-order chi connectivity index (χ1) is 12.0. The van der Waals surface area contributed by atoms with Crippen molar-refractivity contribution < 1.29 is 19.1 Å². The van der Waals surface area contributed by atoms with Gasteiger partial charge in [-0.05, 0) is 19.1 Å². The van der Waals surface area contributed by atoms with Gasteiger partial charge in [-0.1, -0.05) is 24.6 Å². The molecule has 0 bridgehead atoms. The molecule has 0 radical (unpaired) electrons. The summed E-state index contributed by atoms with van der Waals surface area (Å²) in [6, 6.07) is 7.53. The maximum atomic E-state index is 12.9. The van der Waals surface area contributed by atoms with Crippen molar-refractivity contribution in [3.63, 3.8) is 0 Å². The smallest absolute Gasteiger partial charge is 0.310 e. The molecule has 25 heavy (non-hydrogen) atoms. The van der Waals surface area contributed by atoms with Crippen LogP contribution >= 0.6 is 0 Å².